The van der Waals surface area contributed by atoms with Crippen LogP contribution in [0.3, 0.4) is 0 Å². The molecule has 3 heteroatoms. The average Bonchev–Trinajstić information content (AvgIpc) is 2.09. The van der Waals surface area contributed by atoms with Crippen molar-refractivity contribution in [3.63, 3.8) is 0 Å². The highest BCUT2D eigenvalue weighted by Crippen LogP contribution is 2.03. The molecule has 0 saturated carbocycles. The first-order valence-electron chi connectivity index (χ1n) is 4.05. The van der Waals surface area contributed by atoms with Crippen molar-refractivity contribution in [2.45, 2.75) is 13.3 Å². The van der Waals surface area contributed by atoms with Gasteiger partial charge < -0.3 is 16.0 Å². The second kappa shape index (κ2) is 4.13. The molecule has 11 heavy (non-hydrogen) atoms. The Balaban J connectivity index is 2.64. The number of rotatable bonds is 2. The Hall–Kier alpha value is -0.830. The first-order valence-corrected chi connectivity index (χ1v) is 4.05. The summed E-state index contributed by atoms with van der Waals surface area (Å²) in [5.41, 5.74) is 2.30. The number of nitrogens with one attached hydrogen (secondary N) is 3. The molecule has 1 heterocycles. The van der Waals surface area contributed by atoms with Crippen molar-refractivity contribution < 1.29 is 0 Å². The molecule has 0 atom stereocenters. The molecule has 0 aromatic carbocycles. The summed E-state index contributed by atoms with van der Waals surface area (Å²) < 4.78 is 0. The van der Waals surface area contributed by atoms with Crippen LogP contribution in [0.4, 0.5) is 0 Å². The molecule has 0 spiro atoms. The highest BCUT2D eigenvalue weighted by molar-refractivity contribution is 5.76. The zero-order chi connectivity index (χ0) is 8.10. The zero-order valence-corrected chi connectivity index (χ0v) is 6.91. The lowest BCUT2D eigenvalue weighted by Crippen LogP contribution is -2.39. The van der Waals surface area contributed by atoms with Gasteiger partial charge in [-0.05, 0) is 12.0 Å². The van der Waals surface area contributed by atoms with E-state index in [0.29, 0.717) is 0 Å². The topological polar surface area (TPSA) is 47.9 Å². The molecule has 0 bridgehead atoms. The molecular formula is C8H15N3. The van der Waals surface area contributed by atoms with Crippen LogP contribution < -0.4 is 10.6 Å². The molecule has 1 fully saturated rings. The normalized spacial score (nSPS) is 22.3. The monoisotopic (exact) mass is 153 g/mol. The molecule has 0 aromatic heterocycles. The van der Waals surface area contributed by atoms with Gasteiger partial charge in [-0.15, -0.1) is 0 Å². The molecule has 1 aliphatic heterocycles. The van der Waals surface area contributed by atoms with Crippen LogP contribution in [0.1, 0.15) is 13.3 Å². The summed E-state index contributed by atoms with van der Waals surface area (Å²) in [6.07, 6.45) is 2.38. The van der Waals surface area contributed by atoms with Crippen LogP contribution in [-0.4, -0.2) is 25.8 Å². The van der Waals surface area contributed by atoms with E-state index in [1.807, 2.05) is 0 Å². The minimum atomic E-state index is 0.887. The maximum atomic E-state index is 7.15. The average molecular weight is 153 g/mol. The van der Waals surface area contributed by atoms with E-state index >= 15 is 0 Å². The van der Waals surface area contributed by atoms with E-state index in [9.17, 15) is 0 Å². The first-order chi connectivity index (χ1) is 5.38. The number of hydrogen-bond acceptors (Lipinski definition) is 3. The highest BCUT2D eigenvalue weighted by atomic mass is 15.0. The predicted octanol–water partition coefficient (Wildman–Crippen LogP) is 0.493. The quantitative estimate of drug-likeness (QED) is 0.506. The van der Waals surface area contributed by atoms with Gasteiger partial charge in [-0.1, -0.05) is 6.92 Å². The standard InChI is InChI=1S/C8H15N3/c1-2-7(5-9)8-6-10-3-4-11-8/h5,9-11H,2-4,6H2,1H3. The van der Waals surface area contributed by atoms with Crippen molar-refractivity contribution in [3.05, 3.63) is 11.3 Å². The Morgan fingerprint density at radius 3 is 2.91 bits per heavy atom. The third kappa shape index (κ3) is 2.05. The van der Waals surface area contributed by atoms with Crippen LogP contribution in [0.15, 0.2) is 11.3 Å². The summed E-state index contributed by atoms with van der Waals surface area (Å²) in [6.45, 7) is 4.97. The SMILES string of the molecule is CCC(C=N)=C1CNCCN1. The van der Waals surface area contributed by atoms with Crippen molar-refractivity contribution in [1.82, 2.24) is 10.6 Å². The van der Waals surface area contributed by atoms with Gasteiger partial charge in [-0.2, -0.15) is 0 Å². The fourth-order valence-electron chi connectivity index (χ4n) is 1.21. The van der Waals surface area contributed by atoms with Crippen molar-refractivity contribution in [3.8, 4) is 0 Å². The van der Waals surface area contributed by atoms with E-state index in [1.54, 1.807) is 0 Å². The van der Waals surface area contributed by atoms with Gasteiger partial charge in [0.25, 0.3) is 0 Å². The molecule has 0 amide bonds. The molecule has 0 unspecified atom stereocenters. The minimum absolute atomic E-state index is 0.887. The summed E-state index contributed by atoms with van der Waals surface area (Å²) >= 11 is 0. The molecule has 0 radical (unpaired) electrons. The molecule has 62 valence electrons. The molecular weight excluding hydrogens is 138 g/mol. The molecule has 0 aromatic rings. The maximum Gasteiger partial charge on any atom is 0.0358 e. The fraction of sp³-hybridized carbons (Fsp3) is 0.625. The minimum Gasteiger partial charge on any atom is -0.386 e. The maximum absolute atomic E-state index is 7.15. The van der Waals surface area contributed by atoms with Gasteiger partial charge in [0.15, 0.2) is 0 Å². The van der Waals surface area contributed by atoms with E-state index in [1.165, 1.54) is 11.9 Å². The highest BCUT2D eigenvalue weighted by Gasteiger charge is 2.06. The van der Waals surface area contributed by atoms with Crippen molar-refractivity contribution in [2.24, 2.45) is 0 Å². The Morgan fingerprint density at radius 1 is 1.64 bits per heavy atom. The first kappa shape index (κ1) is 8.27. The second-order valence-electron chi connectivity index (χ2n) is 2.61. The Morgan fingerprint density at radius 2 is 2.45 bits per heavy atom. The number of piperazine rings is 1. The predicted molar refractivity (Wildman–Crippen MR) is 47.0 cm³/mol. The Labute approximate surface area is 67.4 Å². The lowest BCUT2D eigenvalue weighted by atomic mass is 10.1. The van der Waals surface area contributed by atoms with Crippen LogP contribution in [0.25, 0.3) is 0 Å². The molecule has 1 rings (SSSR count). The van der Waals surface area contributed by atoms with Crippen LogP contribution >= 0.6 is 0 Å². The van der Waals surface area contributed by atoms with Gasteiger partial charge in [-0.25, -0.2) is 0 Å². The van der Waals surface area contributed by atoms with Gasteiger partial charge in [0.2, 0.25) is 0 Å². The lowest BCUT2D eigenvalue weighted by molar-refractivity contribution is 0.593. The molecule has 0 aliphatic carbocycles. The van der Waals surface area contributed by atoms with Crippen molar-refractivity contribution >= 4 is 6.21 Å². The van der Waals surface area contributed by atoms with Crippen molar-refractivity contribution in [2.75, 3.05) is 19.6 Å². The van der Waals surface area contributed by atoms with Crippen LogP contribution in [0.5, 0.6) is 0 Å². The third-order valence-electron chi connectivity index (χ3n) is 1.88. The summed E-state index contributed by atoms with van der Waals surface area (Å²) in [5, 5.41) is 13.7. The summed E-state index contributed by atoms with van der Waals surface area (Å²) in [4.78, 5) is 0. The van der Waals surface area contributed by atoms with Crippen LogP contribution in [0, 0.1) is 5.41 Å². The third-order valence-corrected chi connectivity index (χ3v) is 1.88. The van der Waals surface area contributed by atoms with E-state index in [2.05, 4.69) is 17.6 Å². The van der Waals surface area contributed by atoms with E-state index in [0.717, 1.165) is 31.6 Å². The molecule has 1 saturated heterocycles. The van der Waals surface area contributed by atoms with E-state index in [-0.39, 0.29) is 0 Å². The number of allylic oxidation sites excluding steroid dienone is 1. The zero-order valence-electron chi connectivity index (χ0n) is 6.91. The fourth-order valence-corrected chi connectivity index (χ4v) is 1.21. The van der Waals surface area contributed by atoms with Crippen molar-refractivity contribution in [1.29, 1.82) is 5.41 Å². The van der Waals surface area contributed by atoms with Gasteiger partial charge in [0.05, 0.1) is 0 Å². The van der Waals surface area contributed by atoms with Crippen LogP contribution in [-0.2, 0) is 0 Å². The van der Waals surface area contributed by atoms with E-state index < -0.39 is 0 Å². The smallest absolute Gasteiger partial charge is 0.0358 e. The lowest BCUT2D eigenvalue weighted by Gasteiger charge is -2.20. The largest absolute Gasteiger partial charge is 0.386 e. The van der Waals surface area contributed by atoms with Gasteiger partial charge >= 0.3 is 0 Å². The molecule has 1 aliphatic rings. The molecule has 3 N–H and O–H groups in total. The molecule has 3 nitrogen and oxygen atoms in total. The Kier molecular flexibility index (Phi) is 3.11. The summed E-state index contributed by atoms with van der Waals surface area (Å²) in [7, 11) is 0. The number of hydrogen-bond donors (Lipinski definition) is 3. The van der Waals surface area contributed by atoms with Crippen LogP contribution in [0.2, 0.25) is 0 Å². The summed E-state index contributed by atoms with van der Waals surface area (Å²) in [6, 6.07) is 0. The van der Waals surface area contributed by atoms with Gasteiger partial charge in [0.1, 0.15) is 0 Å². The second-order valence-corrected chi connectivity index (χ2v) is 2.61. The summed E-state index contributed by atoms with van der Waals surface area (Å²) in [5.74, 6) is 0. The van der Waals surface area contributed by atoms with Gasteiger partial charge in [-0.3, -0.25) is 0 Å². The van der Waals surface area contributed by atoms with Gasteiger partial charge in [0, 0.05) is 31.5 Å². The van der Waals surface area contributed by atoms with E-state index in [4.69, 9.17) is 5.41 Å². The Bertz CT molecular complexity index is 164.